The van der Waals surface area contributed by atoms with Gasteiger partial charge in [0.15, 0.2) is 0 Å². The number of methoxy groups -OCH3 is 2. The Labute approximate surface area is 116 Å². The number of ether oxygens (including phenoxy) is 2. The molecule has 0 spiro atoms. The molecule has 0 fully saturated rings. The number of benzene rings is 1. The van der Waals surface area contributed by atoms with Crippen molar-refractivity contribution in [3.63, 3.8) is 0 Å². The molecule has 1 aromatic rings. The van der Waals surface area contributed by atoms with Crippen LogP contribution in [0.4, 0.5) is 0 Å². The molecule has 0 radical (unpaired) electrons. The van der Waals surface area contributed by atoms with Gasteiger partial charge in [0, 0.05) is 38.3 Å². The van der Waals surface area contributed by atoms with Crippen molar-refractivity contribution >= 4 is 0 Å². The van der Waals surface area contributed by atoms with Crippen molar-refractivity contribution in [2.24, 2.45) is 0 Å². The van der Waals surface area contributed by atoms with E-state index < -0.39 is 0 Å². The quantitative estimate of drug-likeness (QED) is 0.740. The summed E-state index contributed by atoms with van der Waals surface area (Å²) < 4.78 is 10.7. The van der Waals surface area contributed by atoms with Crippen LogP contribution >= 0.6 is 0 Å². The van der Waals surface area contributed by atoms with Gasteiger partial charge in [0.25, 0.3) is 0 Å². The lowest BCUT2D eigenvalue weighted by Gasteiger charge is -2.30. The van der Waals surface area contributed by atoms with E-state index in [0.29, 0.717) is 6.04 Å². The lowest BCUT2D eigenvalue weighted by Crippen LogP contribution is -2.35. The predicted molar refractivity (Wildman–Crippen MR) is 78.8 cm³/mol. The second-order valence-corrected chi connectivity index (χ2v) is 4.55. The van der Waals surface area contributed by atoms with E-state index in [1.54, 1.807) is 14.2 Å². The van der Waals surface area contributed by atoms with Gasteiger partial charge in [0.1, 0.15) is 5.75 Å². The molecule has 1 atom stereocenters. The largest absolute Gasteiger partial charge is 0.496 e. The normalized spacial score (nSPS) is 12.7. The van der Waals surface area contributed by atoms with Crippen LogP contribution < -0.4 is 10.1 Å². The lowest BCUT2D eigenvalue weighted by atomic mass is 10.1. The van der Waals surface area contributed by atoms with Crippen LogP contribution in [0.15, 0.2) is 24.3 Å². The summed E-state index contributed by atoms with van der Waals surface area (Å²) in [5, 5.41) is 3.20. The molecular formula is C15H26N2O2. The maximum atomic E-state index is 5.45. The fraction of sp³-hybridized carbons (Fsp3) is 0.600. The summed E-state index contributed by atoms with van der Waals surface area (Å²) in [5.41, 5.74) is 1.22. The smallest absolute Gasteiger partial charge is 0.123 e. The van der Waals surface area contributed by atoms with Crippen molar-refractivity contribution in [2.75, 3.05) is 47.5 Å². The van der Waals surface area contributed by atoms with E-state index in [4.69, 9.17) is 9.47 Å². The maximum absolute atomic E-state index is 5.45. The zero-order valence-electron chi connectivity index (χ0n) is 12.5. The Morgan fingerprint density at radius 1 is 1.21 bits per heavy atom. The monoisotopic (exact) mass is 266 g/mol. The van der Waals surface area contributed by atoms with Crippen molar-refractivity contribution < 1.29 is 9.47 Å². The molecule has 4 heteroatoms. The average molecular weight is 266 g/mol. The Kier molecular flexibility index (Phi) is 7.48. The standard InChI is InChI=1S/C15H26N2O2/c1-13(14-7-5-6-8-15(14)19-4)17(10-9-16-2)11-12-18-3/h5-8,13,16H,9-12H2,1-4H3/t13-/m0/s1. The third-order valence-electron chi connectivity index (χ3n) is 3.37. The molecule has 108 valence electrons. The minimum Gasteiger partial charge on any atom is -0.496 e. The Balaban J connectivity index is 2.80. The number of likely N-dealkylation sites (N-methyl/N-ethyl adjacent to an activating group) is 1. The van der Waals surface area contributed by atoms with Gasteiger partial charge in [-0.2, -0.15) is 0 Å². The van der Waals surface area contributed by atoms with Crippen LogP contribution in [0.5, 0.6) is 5.75 Å². The van der Waals surface area contributed by atoms with E-state index in [0.717, 1.165) is 32.0 Å². The van der Waals surface area contributed by atoms with Crippen LogP contribution in [0, 0.1) is 0 Å². The molecule has 0 aliphatic heterocycles. The lowest BCUT2D eigenvalue weighted by molar-refractivity contribution is 0.124. The summed E-state index contributed by atoms with van der Waals surface area (Å²) in [6.45, 7) is 5.81. The topological polar surface area (TPSA) is 33.7 Å². The maximum Gasteiger partial charge on any atom is 0.123 e. The van der Waals surface area contributed by atoms with Gasteiger partial charge < -0.3 is 14.8 Å². The van der Waals surface area contributed by atoms with Crippen LogP contribution in [-0.4, -0.2) is 52.4 Å². The van der Waals surface area contributed by atoms with Gasteiger partial charge in [-0.15, -0.1) is 0 Å². The molecule has 1 aromatic carbocycles. The molecule has 0 aliphatic carbocycles. The first-order valence-corrected chi connectivity index (χ1v) is 6.75. The van der Waals surface area contributed by atoms with Crippen molar-refractivity contribution in [2.45, 2.75) is 13.0 Å². The second kappa shape index (κ2) is 8.91. The molecule has 0 bridgehead atoms. The van der Waals surface area contributed by atoms with E-state index in [-0.39, 0.29) is 0 Å². The highest BCUT2D eigenvalue weighted by atomic mass is 16.5. The van der Waals surface area contributed by atoms with Crippen LogP contribution in [0.3, 0.4) is 0 Å². The number of nitrogens with one attached hydrogen (secondary N) is 1. The van der Waals surface area contributed by atoms with Gasteiger partial charge in [0.2, 0.25) is 0 Å². The van der Waals surface area contributed by atoms with Crippen molar-refractivity contribution in [3.8, 4) is 5.75 Å². The third kappa shape index (κ3) is 4.82. The van der Waals surface area contributed by atoms with E-state index in [1.807, 2.05) is 19.2 Å². The molecule has 0 saturated carbocycles. The van der Waals surface area contributed by atoms with Crippen LogP contribution in [0.2, 0.25) is 0 Å². The van der Waals surface area contributed by atoms with Crippen LogP contribution in [0.25, 0.3) is 0 Å². The summed E-state index contributed by atoms with van der Waals surface area (Å²) in [6, 6.07) is 8.50. The SMILES string of the molecule is CNCCN(CCOC)[C@@H](C)c1ccccc1OC. The summed E-state index contributed by atoms with van der Waals surface area (Å²) in [4.78, 5) is 2.40. The highest BCUT2D eigenvalue weighted by Crippen LogP contribution is 2.28. The van der Waals surface area contributed by atoms with E-state index in [1.165, 1.54) is 5.56 Å². The van der Waals surface area contributed by atoms with Crippen LogP contribution in [-0.2, 0) is 4.74 Å². The molecule has 0 heterocycles. The van der Waals surface area contributed by atoms with E-state index >= 15 is 0 Å². The number of hydrogen-bond acceptors (Lipinski definition) is 4. The molecule has 0 aromatic heterocycles. The van der Waals surface area contributed by atoms with Gasteiger partial charge in [-0.3, -0.25) is 4.90 Å². The number of nitrogens with zero attached hydrogens (tertiary/aromatic N) is 1. The summed E-state index contributed by atoms with van der Waals surface area (Å²) in [5.74, 6) is 0.946. The molecule has 0 aliphatic rings. The zero-order chi connectivity index (χ0) is 14.1. The van der Waals surface area contributed by atoms with E-state index in [9.17, 15) is 0 Å². The first-order valence-electron chi connectivity index (χ1n) is 6.75. The van der Waals surface area contributed by atoms with Gasteiger partial charge >= 0.3 is 0 Å². The second-order valence-electron chi connectivity index (χ2n) is 4.55. The molecular weight excluding hydrogens is 240 g/mol. The summed E-state index contributed by atoms with van der Waals surface area (Å²) in [6.07, 6.45) is 0. The Bertz CT molecular complexity index is 350. The first-order chi connectivity index (χ1) is 9.24. The Hall–Kier alpha value is -1.10. The fourth-order valence-electron chi connectivity index (χ4n) is 2.17. The molecule has 4 nitrogen and oxygen atoms in total. The van der Waals surface area contributed by atoms with Crippen molar-refractivity contribution in [1.82, 2.24) is 10.2 Å². The molecule has 0 amide bonds. The van der Waals surface area contributed by atoms with Gasteiger partial charge in [-0.05, 0) is 20.0 Å². The molecule has 1 rings (SSSR count). The Morgan fingerprint density at radius 3 is 2.58 bits per heavy atom. The average Bonchev–Trinajstić information content (AvgIpc) is 2.46. The summed E-state index contributed by atoms with van der Waals surface area (Å²) >= 11 is 0. The van der Waals surface area contributed by atoms with Gasteiger partial charge in [-0.25, -0.2) is 0 Å². The minimum atomic E-state index is 0.305. The molecule has 19 heavy (non-hydrogen) atoms. The van der Waals surface area contributed by atoms with Crippen molar-refractivity contribution in [3.05, 3.63) is 29.8 Å². The molecule has 1 N–H and O–H groups in total. The molecule has 0 saturated heterocycles. The predicted octanol–water partition coefficient (Wildman–Crippen LogP) is 1.92. The minimum absolute atomic E-state index is 0.305. The fourth-order valence-corrected chi connectivity index (χ4v) is 2.17. The zero-order valence-corrected chi connectivity index (χ0v) is 12.5. The molecule has 0 unspecified atom stereocenters. The van der Waals surface area contributed by atoms with Crippen molar-refractivity contribution in [1.29, 1.82) is 0 Å². The van der Waals surface area contributed by atoms with Gasteiger partial charge in [-0.1, -0.05) is 18.2 Å². The highest BCUT2D eigenvalue weighted by Gasteiger charge is 2.18. The number of para-hydroxylation sites is 1. The number of rotatable bonds is 9. The first kappa shape index (κ1) is 16.0. The number of hydrogen-bond donors (Lipinski definition) is 1. The Morgan fingerprint density at radius 2 is 1.95 bits per heavy atom. The van der Waals surface area contributed by atoms with E-state index in [2.05, 4.69) is 29.3 Å². The third-order valence-corrected chi connectivity index (χ3v) is 3.37. The summed E-state index contributed by atoms with van der Waals surface area (Å²) in [7, 11) is 5.44. The van der Waals surface area contributed by atoms with Gasteiger partial charge in [0.05, 0.1) is 13.7 Å². The highest BCUT2D eigenvalue weighted by molar-refractivity contribution is 5.35. The van der Waals surface area contributed by atoms with Crippen LogP contribution in [0.1, 0.15) is 18.5 Å².